The average Bonchev–Trinajstić information content (AvgIpc) is 2.42. The highest BCUT2D eigenvalue weighted by atomic mass is 32.2. The molecule has 0 amide bonds. The molecular formula is C15H32N2O5S. The molecule has 0 radical (unpaired) electrons. The van der Waals surface area contributed by atoms with Crippen LogP contribution in [0.15, 0.2) is 0 Å². The first-order valence-corrected chi connectivity index (χ1v) is 9.72. The molecule has 23 heavy (non-hydrogen) atoms. The molecule has 0 aliphatic rings. The Balaban J connectivity index is 3.75. The molecule has 0 aromatic carbocycles. The fourth-order valence-corrected chi connectivity index (χ4v) is 2.48. The number of hydrogen-bond donors (Lipinski definition) is 2. The minimum Gasteiger partial charge on any atom is -0.377 e. The molecule has 0 bridgehead atoms. The fraction of sp³-hybridized carbons (Fsp3) is 0.933. The predicted molar refractivity (Wildman–Crippen MR) is 90.8 cm³/mol. The van der Waals surface area contributed by atoms with Gasteiger partial charge in [-0.25, -0.2) is 13.1 Å². The number of Topliss-reactive ketones (excluding diaryl/α,β-unsaturated/α-hetero) is 1. The molecule has 0 aliphatic carbocycles. The van der Waals surface area contributed by atoms with E-state index in [0.29, 0.717) is 25.6 Å². The van der Waals surface area contributed by atoms with E-state index in [0.717, 1.165) is 0 Å². The Morgan fingerprint density at radius 1 is 1.04 bits per heavy atom. The molecule has 0 aromatic rings. The van der Waals surface area contributed by atoms with Crippen molar-refractivity contribution in [2.75, 3.05) is 32.2 Å². The number of carbonyl (C=O) groups is 1. The van der Waals surface area contributed by atoms with Gasteiger partial charge < -0.3 is 14.8 Å². The van der Waals surface area contributed by atoms with Crippen LogP contribution < -0.4 is 10.0 Å². The highest BCUT2D eigenvalue weighted by Crippen LogP contribution is 2.05. The Hall–Kier alpha value is -0.540. The Bertz CT molecular complexity index is 424. The zero-order valence-corrected chi connectivity index (χ0v) is 15.7. The summed E-state index contributed by atoms with van der Waals surface area (Å²) in [7, 11) is -3.46. The smallest absolute Gasteiger partial charge is 0.235 e. The lowest BCUT2D eigenvalue weighted by atomic mass is 10.0. The lowest BCUT2D eigenvalue weighted by molar-refractivity contribution is -0.124. The van der Waals surface area contributed by atoms with Crippen LogP contribution in [0.2, 0.25) is 0 Å². The normalized spacial score (nSPS) is 13.7. The van der Waals surface area contributed by atoms with Crippen LogP contribution in [0.25, 0.3) is 0 Å². The van der Waals surface area contributed by atoms with E-state index in [1.807, 2.05) is 27.7 Å². The maximum atomic E-state index is 11.7. The first kappa shape index (κ1) is 22.5. The van der Waals surface area contributed by atoms with Gasteiger partial charge in [0.2, 0.25) is 10.0 Å². The third-order valence-corrected chi connectivity index (χ3v) is 4.12. The van der Waals surface area contributed by atoms with Gasteiger partial charge in [0, 0.05) is 31.5 Å². The molecular weight excluding hydrogens is 320 g/mol. The van der Waals surface area contributed by atoms with Gasteiger partial charge >= 0.3 is 0 Å². The molecule has 1 atom stereocenters. The van der Waals surface area contributed by atoms with Crippen molar-refractivity contribution in [1.82, 2.24) is 10.0 Å². The molecule has 0 aromatic heterocycles. The van der Waals surface area contributed by atoms with Crippen molar-refractivity contribution in [2.45, 2.75) is 53.2 Å². The van der Waals surface area contributed by atoms with Crippen LogP contribution in [0.5, 0.6) is 0 Å². The first-order chi connectivity index (χ1) is 10.6. The van der Waals surface area contributed by atoms with Crippen molar-refractivity contribution in [3.63, 3.8) is 0 Å². The van der Waals surface area contributed by atoms with Gasteiger partial charge in [-0.05, 0) is 6.92 Å². The Labute approximate surface area is 140 Å². The van der Waals surface area contributed by atoms with E-state index in [1.54, 1.807) is 6.92 Å². The van der Waals surface area contributed by atoms with Crippen molar-refractivity contribution in [2.24, 2.45) is 5.92 Å². The van der Waals surface area contributed by atoms with E-state index in [4.69, 9.17) is 9.47 Å². The van der Waals surface area contributed by atoms with Gasteiger partial charge in [0.05, 0.1) is 19.3 Å². The molecule has 0 rings (SSSR count). The predicted octanol–water partition coefficient (Wildman–Crippen LogP) is 0.898. The quantitative estimate of drug-likeness (QED) is 0.451. The number of ketones is 1. The fourth-order valence-electron chi connectivity index (χ4n) is 1.67. The summed E-state index contributed by atoms with van der Waals surface area (Å²) in [5.74, 6) is -0.239. The zero-order chi connectivity index (χ0) is 17.9. The van der Waals surface area contributed by atoms with E-state index < -0.39 is 10.0 Å². The maximum Gasteiger partial charge on any atom is 0.235 e. The summed E-state index contributed by atoms with van der Waals surface area (Å²) in [5.41, 5.74) is 0. The van der Waals surface area contributed by atoms with Gasteiger partial charge in [0.15, 0.2) is 5.94 Å². The minimum atomic E-state index is -3.46. The highest BCUT2D eigenvalue weighted by molar-refractivity contribution is 7.89. The van der Waals surface area contributed by atoms with Gasteiger partial charge in [0.25, 0.3) is 0 Å². The van der Waals surface area contributed by atoms with Gasteiger partial charge in [-0.3, -0.25) is 4.79 Å². The van der Waals surface area contributed by atoms with E-state index in [9.17, 15) is 13.2 Å². The average molecular weight is 352 g/mol. The number of nitrogens with one attached hydrogen (secondary N) is 2. The van der Waals surface area contributed by atoms with Gasteiger partial charge in [0.1, 0.15) is 5.78 Å². The van der Waals surface area contributed by atoms with Gasteiger partial charge in [-0.1, -0.05) is 27.7 Å². The van der Waals surface area contributed by atoms with Crippen LogP contribution >= 0.6 is 0 Å². The molecule has 7 nitrogen and oxygen atoms in total. The van der Waals surface area contributed by atoms with Crippen LogP contribution in [0.3, 0.4) is 0 Å². The van der Waals surface area contributed by atoms with E-state index in [-0.39, 0.29) is 36.9 Å². The molecule has 1 unspecified atom stereocenters. The molecule has 8 heteroatoms. The summed E-state index contributed by atoms with van der Waals surface area (Å²) in [5, 5.41) is 3.13. The van der Waals surface area contributed by atoms with Crippen LogP contribution in [-0.2, 0) is 24.3 Å². The van der Waals surface area contributed by atoms with Crippen LogP contribution in [-0.4, -0.2) is 58.6 Å². The SMILES string of the molecule is CC(C)NCCOCS(=O)(=O)NCCOC(C)CC(=O)C(C)C. The molecule has 0 fully saturated rings. The topological polar surface area (TPSA) is 93.7 Å². The summed E-state index contributed by atoms with van der Waals surface area (Å²) in [4.78, 5) is 11.5. The lowest BCUT2D eigenvalue weighted by Gasteiger charge is -2.14. The Kier molecular flexibility index (Phi) is 11.6. The molecule has 0 saturated heterocycles. The first-order valence-electron chi connectivity index (χ1n) is 8.06. The van der Waals surface area contributed by atoms with Crippen LogP contribution in [0, 0.1) is 5.92 Å². The van der Waals surface area contributed by atoms with Crippen LogP contribution in [0.4, 0.5) is 0 Å². The second kappa shape index (κ2) is 11.9. The van der Waals surface area contributed by atoms with E-state index in [1.165, 1.54) is 0 Å². The molecule has 0 heterocycles. The third kappa shape index (κ3) is 13.6. The number of carbonyl (C=O) groups excluding carboxylic acids is 1. The third-order valence-electron chi connectivity index (χ3n) is 3.00. The van der Waals surface area contributed by atoms with Crippen LogP contribution in [0.1, 0.15) is 41.0 Å². The monoisotopic (exact) mass is 352 g/mol. The molecule has 138 valence electrons. The Morgan fingerprint density at radius 2 is 1.70 bits per heavy atom. The van der Waals surface area contributed by atoms with Crippen molar-refractivity contribution in [3.8, 4) is 0 Å². The number of rotatable bonds is 14. The van der Waals surface area contributed by atoms with Crippen molar-refractivity contribution >= 4 is 15.8 Å². The summed E-state index contributed by atoms with van der Waals surface area (Å²) in [6, 6.07) is 0.343. The summed E-state index contributed by atoms with van der Waals surface area (Å²) >= 11 is 0. The zero-order valence-electron chi connectivity index (χ0n) is 14.9. The minimum absolute atomic E-state index is 0.0121. The van der Waals surface area contributed by atoms with Gasteiger partial charge in [-0.2, -0.15) is 0 Å². The van der Waals surface area contributed by atoms with Crippen molar-refractivity contribution in [1.29, 1.82) is 0 Å². The second-order valence-corrected chi connectivity index (χ2v) is 7.90. The molecule has 0 aliphatic heterocycles. The molecule has 2 N–H and O–H groups in total. The Morgan fingerprint density at radius 3 is 2.26 bits per heavy atom. The van der Waals surface area contributed by atoms with Crippen molar-refractivity contribution < 1.29 is 22.7 Å². The van der Waals surface area contributed by atoms with E-state index in [2.05, 4.69) is 10.0 Å². The standard InChI is InChI=1S/C15H32N2O5S/c1-12(2)15(18)10-14(5)22-9-7-17-23(19,20)11-21-8-6-16-13(3)4/h12-14,16-17H,6-11H2,1-5H3. The molecule has 0 saturated carbocycles. The summed E-state index contributed by atoms with van der Waals surface area (Å²) in [6.45, 7) is 10.8. The largest absolute Gasteiger partial charge is 0.377 e. The number of hydrogen-bond acceptors (Lipinski definition) is 6. The van der Waals surface area contributed by atoms with E-state index >= 15 is 0 Å². The lowest BCUT2D eigenvalue weighted by Crippen LogP contribution is -2.33. The number of ether oxygens (including phenoxy) is 2. The summed E-state index contributed by atoms with van der Waals surface area (Å²) < 4.78 is 36.3. The van der Waals surface area contributed by atoms with Crippen molar-refractivity contribution in [3.05, 3.63) is 0 Å². The molecule has 0 spiro atoms. The number of sulfonamides is 1. The maximum absolute atomic E-state index is 11.7. The highest BCUT2D eigenvalue weighted by Gasteiger charge is 2.13. The summed E-state index contributed by atoms with van der Waals surface area (Å²) in [6.07, 6.45) is 0.129. The second-order valence-electron chi connectivity index (χ2n) is 6.15. The van der Waals surface area contributed by atoms with Gasteiger partial charge in [-0.15, -0.1) is 0 Å².